The Labute approximate surface area is 371 Å². The summed E-state index contributed by atoms with van der Waals surface area (Å²) in [5.74, 6) is 1.90. The van der Waals surface area contributed by atoms with E-state index < -0.39 is 21.6 Å². The highest BCUT2D eigenvalue weighted by atomic mass is 28.3. The normalized spacial score (nSPS) is 14.9. The molecule has 0 amide bonds. The molecule has 2 nitrogen and oxygen atoms in total. The number of aromatic nitrogens is 1. The van der Waals surface area contributed by atoms with Crippen LogP contribution in [-0.2, 0) is 5.41 Å². The largest absolute Gasteiger partial charge is 0.456 e. The second kappa shape index (κ2) is 14.8. The van der Waals surface area contributed by atoms with Crippen LogP contribution in [0.2, 0.25) is 0 Å². The Morgan fingerprint density at radius 2 is 0.730 bits per heavy atom. The molecule has 2 aliphatic rings. The number of fused-ring (bicyclic) bond motifs is 5. The van der Waals surface area contributed by atoms with Crippen LogP contribution in [0.4, 0.5) is 0 Å². The molecule has 63 heavy (non-hydrogen) atoms. The van der Waals surface area contributed by atoms with Gasteiger partial charge in [-0.15, -0.1) is 0 Å². The Bertz CT molecular complexity index is 3110. The van der Waals surface area contributed by atoms with Crippen molar-refractivity contribution in [3.8, 4) is 17.2 Å². The van der Waals surface area contributed by atoms with Crippen LogP contribution in [0.15, 0.2) is 261 Å². The van der Waals surface area contributed by atoms with Crippen LogP contribution in [0, 0.1) is 0 Å². The van der Waals surface area contributed by atoms with Crippen LogP contribution < -0.4 is 46.4 Å². The predicted octanol–water partition coefficient (Wildman–Crippen LogP) is 8.03. The zero-order valence-corrected chi connectivity index (χ0v) is 36.7. The van der Waals surface area contributed by atoms with Crippen molar-refractivity contribution in [2.45, 2.75) is 5.41 Å². The van der Waals surface area contributed by atoms with Crippen LogP contribution in [0.3, 0.4) is 0 Å². The molecular weight excluding hydrogens is 795 g/mol. The summed E-state index contributed by atoms with van der Waals surface area (Å²) in [7, 11) is -6.62. The predicted molar refractivity (Wildman–Crippen MR) is 265 cm³/mol. The summed E-state index contributed by atoms with van der Waals surface area (Å²) in [6.45, 7) is 0. The molecule has 0 saturated carbocycles. The zero-order chi connectivity index (χ0) is 41.9. The first-order chi connectivity index (χ1) is 31.3. The van der Waals surface area contributed by atoms with Crippen LogP contribution in [0.25, 0.3) is 5.69 Å². The van der Waals surface area contributed by atoms with Crippen molar-refractivity contribution < 1.29 is 4.74 Å². The maximum Gasteiger partial charge on any atom is 0.208 e. The van der Waals surface area contributed by atoms with Crippen LogP contribution in [-0.4, -0.2) is 20.7 Å². The third-order valence-electron chi connectivity index (χ3n) is 13.7. The van der Waals surface area contributed by atoms with Gasteiger partial charge in [0.25, 0.3) is 0 Å². The number of para-hydroxylation sites is 2. The molecule has 3 heterocycles. The molecule has 0 fully saturated rings. The van der Waals surface area contributed by atoms with Gasteiger partial charge in [-0.3, -0.25) is 0 Å². The van der Waals surface area contributed by atoms with Gasteiger partial charge in [-0.1, -0.05) is 243 Å². The number of ether oxygens (including phenoxy) is 1. The third kappa shape index (κ3) is 5.17. The molecule has 0 N–H and O–H groups in total. The van der Waals surface area contributed by atoms with E-state index in [1.807, 2.05) is 0 Å². The first kappa shape index (κ1) is 37.3. The van der Waals surface area contributed by atoms with Crippen molar-refractivity contribution in [1.82, 2.24) is 4.57 Å². The zero-order valence-electron chi connectivity index (χ0n) is 34.7. The summed E-state index contributed by atoms with van der Waals surface area (Å²) >= 11 is 0. The van der Waals surface area contributed by atoms with Crippen molar-refractivity contribution in [3.63, 3.8) is 0 Å². The highest BCUT2D eigenvalue weighted by Gasteiger charge is 2.63. The lowest BCUT2D eigenvalue weighted by molar-refractivity contribution is 0.490. The van der Waals surface area contributed by atoms with Crippen molar-refractivity contribution in [1.29, 1.82) is 0 Å². The fraction of sp³-hybridized carbons (Fsp3) is 0.0169. The number of hydrogen-bond acceptors (Lipinski definition) is 1. The summed E-state index contributed by atoms with van der Waals surface area (Å²) in [6, 6.07) is 97.5. The first-order valence-electron chi connectivity index (χ1n) is 21.9. The van der Waals surface area contributed by atoms with Gasteiger partial charge in [-0.05, 0) is 66.0 Å². The second-order valence-electron chi connectivity index (χ2n) is 16.7. The van der Waals surface area contributed by atoms with Gasteiger partial charge in [-0.25, -0.2) is 0 Å². The highest BCUT2D eigenvalue weighted by Crippen LogP contribution is 2.50. The average molecular weight is 838 g/mol. The molecule has 1 aromatic heterocycles. The molecule has 2 aliphatic heterocycles. The number of nitrogens with zero attached hydrogens (tertiary/aromatic N) is 1. The quantitative estimate of drug-likeness (QED) is 0.149. The lowest BCUT2D eigenvalue weighted by atomic mass is 9.66. The standard InChI is InChI=1S/C59H43NOSi2/c1-8-26-44(27-9-1)59(45-28-10-2-11-29-45)51-40-22-24-42-53(51)62(47-32-14-4-15-33-47,48-34-16-5-17-35-48)56-55-58(60(57(56)59)46-30-12-3-13-31-46)63(49-36-18-6-19-37-49,50-38-20-7-21-39-50)54-43-25-23-41-52(54)61-55/h1-43H. The van der Waals surface area contributed by atoms with Gasteiger partial charge < -0.3 is 9.30 Å². The average Bonchev–Trinajstić information content (AvgIpc) is 3.72. The Morgan fingerprint density at radius 1 is 0.349 bits per heavy atom. The van der Waals surface area contributed by atoms with Gasteiger partial charge >= 0.3 is 0 Å². The maximum atomic E-state index is 7.90. The van der Waals surface area contributed by atoms with Crippen molar-refractivity contribution in [3.05, 3.63) is 283 Å². The van der Waals surface area contributed by atoms with E-state index in [9.17, 15) is 0 Å². The second-order valence-corrected chi connectivity index (χ2v) is 24.0. The molecule has 4 heteroatoms. The molecule has 0 radical (unpaired) electrons. The van der Waals surface area contributed by atoms with Crippen molar-refractivity contribution >= 4 is 57.8 Å². The topological polar surface area (TPSA) is 14.2 Å². The summed E-state index contributed by atoms with van der Waals surface area (Å²) in [5.41, 5.74) is 5.29. The van der Waals surface area contributed by atoms with E-state index in [1.54, 1.807) is 0 Å². The lowest BCUT2D eigenvalue weighted by Crippen LogP contribution is -2.80. The van der Waals surface area contributed by atoms with Crippen LogP contribution in [0.1, 0.15) is 22.4 Å². The molecule has 0 bridgehead atoms. The van der Waals surface area contributed by atoms with Crippen molar-refractivity contribution in [2.24, 2.45) is 0 Å². The Kier molecular flexibility index (Phi) is 8.78. The SMILES string of the molecule is c1ccc(-n2c3c(c4c2[Si](c2ccccc2)(c2ccccc2)c2ccccc2O4)[Si](c2ccccc2)(c2ccccc2)c2ccccc2C3(c2ccccc2)c2ccccc2)cc1. The molecule has 0 spiro atoms. The minimum absolute atomic E-state index is 0.787. The lowest BCUT2D eigenvalue weighted by Gasteiger charge is -2.49. The molecule has 0 saturated heterocycles. The molecular formula is C59H43NOSi2. The summed E-state index contributed by atoms with van der Waals surface area (Å²) in [4.78, 5) is 0. The Hall–Kier alpha value is -7.51. The first-order valence-corrected chi connectivity index (χ1v) is 25.9. The molecule has 9 aromatic carbocycles. The van der Waals surface area contributed by atoms with E-state index >= 15 is 0 Å². The van der Waals surface area contributed by atoms with Crippen molar-refractivity contribution in [2.75, 3.05) is 0 Å². The molecule has 298 valence electrons. The van der Waals surface area contributed by atoms with E-state index in [2.05, 4.69) is 265 Å². The van der Waals surface area contributed by atoms with Gasteiger partial charge in [0, 0.05) is 16.6 Å². The Morgan fingerprint density at radius 3 is 1.22 bits per heavy atom. The fourth-order valence-electron chi connectivity index (χ4n) is 11.4. The monoisotopic (exact) mass is 837 g/mol. The van der Waals surface area contributed by atoms with E-state index in [0.29, 0.717) is 0 Å². The van der Waals surface area contributed by atoms with Crippen LogP contribution >= 0.6 is 0 Å². The molecule has 10 aromatic rings. The minimum atomic E-state index is -3.33. The molecule has 0 unspecified atom stereocenters. The number of benzene rings is 9. The maximum absolute atomic E-state index is 7.90. The minimum Gasteiger partial charge on any atom is -0.456 e. The highest BCUT2D eigenvalue weighted by molar-refractivity contribution is 7.23. The van der Waals surface area contributed by atoms with Crippen LogP contribution in [0.5, 0.6) is 11.5 Å². The number of hydrogen-bond donors (Lipinski definition) is 0. The fourth-order valence-corrected chi connectivity index (χ4v) is 22.0. The number of rotatable bonds is 7. The van der Waals surface area contributed by atoms with Gasteiger partial charge in [0.05, 0.1) is 10.7 Å². The molecule has 0 aliphatic carbocycles. The smallest absolute Gasteiger partial charge is 0.208 e. The summed E-state index contributed by atoms with van der Waals surface area (Å²) < 4.78 is 10.6. The van der Waals surface area contributed by atoms with Gasteiger partial charge in [0.15, 0.2) is 8.07 Å². The van der Waals surface area contributed by atoms with Gasteiger partial charge in [0.2, 0.25) is 8.07 Å². The Balaban J connectivity index is 1.44. The third-order valence-corrected chi connectivity index (χ3v) is 23.3. The van der Waals surface area contributed by atoms with Gasteiger partial charge in [-0.2, -0.15) is 0 Å². The van der Waals surface area contributed by atoms with E-state index in [1.165, 1.54) is 64.0 Å². The molecule has 12 rings (SSSR count). The van der Waals surface area contributed by atoms with Gasteiger partial charge in [0.1, 0.15) is 11.5 Å². The van der Waals surface area contributed by atoms with E-state index in [-0.39, 0.29) is 0 Å². The van der Waals surface area contributed by atoms with E-state index in [0.717, 1.165) is 17.2 Å². The summed E-state index contributed by atoms with van der Waals surface area (Å²) in [5, 5.41) is 10.4. The molecule has 0 atom stereocenters. The van der Waals surface area contributed by atoms with E-state index in [4.69, 9.17) is 4.74 Å². The summed E-state index contributed by atoms with van der Waals surface area (Å²) in [6.07, 6.45) is 0.